The summed E-state index contributed by atoms with van der Waals surface area (Å²) in [6, 6.07) is 0. The Morgan fingerprint density at radius 2 is 2.29 bits per heavy atom. The molecule has 2 N–H and O–H groups in total. The molecular formula is C11H18N4O2. The molecule has 2 heterocycles. The number of hydrogen-bond acceptors (Lipinski definition) is 5. The fourth-order valence-electron chi connectivity index (χ4n) is 2.00. The van der Waals surface area contributed by atoms with E-state index >= 15 is 0 Å². The molecule has 0 radical (unpaired) electrons. The molecule has 2 rings (SSSR count). The van der Waals surface area contributed by atoms with Crippen molar-refractivity contribution < 1.29 is 9.32 Å². The van der Waals surface area contributed by atoms with Crippen LogP contribution in [0.5, 0.6) is 0 Å². The van der Waals surface area contributed by atoms with E-state index < -0.39 is 0 Å². The summed E-state index contributed by atoms with van der Waals surface area (Å²) in [6.07, 6.45) is 3.02. The van der Waals surface area contributed by atoms with Gasteiger partial charge in [0.2, 0.25) is 5.89 Å². The third-order valence-corrected chi connectivity index (χ3v) is 2.93. The fraction of sp³-hybridized carbons (Fsp3) is 0.727. The highest BCUT2D eigenvalue weighted by Crippen LogP contribution is 2.16. The topological polar surface area (TPSA) is 80.0 Å². The van der Waals surface area contributed by atoms with Crippen LogP contribution in [0.15, 0.2) is 4.52 Å². The van der Waals surface area contributed by atoms with Crippen LogP contribution in [0.2, 0.25) is 0 Å². The van der Waals surface area contributed by atoms with E-state index in [4.69, 9.17) is 4.52 Å². The summed E-state index contributed by atoms with van der Waals surface area (Å²) in [5.74, 6) is 1.01. The molecule has 6 heteroatoms. The normalized spacial score (nSPS) is 17.0. The van der Waals surface area contributed by atoms with Crippen LogP contribution in [0.1, 0.15) is 36.3 Å². The first-order chi connectivity index (χ1) is 8.29. The lowest BCUT2D eigenvalue weighted by molar-refractivity contribution is 0.0942. The van der Waals surface area contributed by atoms with Crippen molar-refractivity contribution >= 4 is 5.91 Å². The van der Waals surface area contributed by atoms with E-state index in [-0.39, 0.29) is 11.7 Å². The molecule has 1 aliphatic rings. The maximum atomic E-state index is 11.4. The molecule has 0 unspecified atom stereocenters. The molecule has 1 amide bonds. The van der Waals surface area contributed by atoms with Crippen LogP contribution in [-0.2, 0) is 6.42 Å². The van der Waals surface area contributed by atoms with Gasteiger partial charge in [-0.05, 0) is 38.8 Å². The maximum absolute atomic E-state index is 11.4. The Morgan fingerprint density at radius 3 is 3.00 bits per heavy atom. The molecule has 1 saturated heterocycles. The minimum atomic E-state index is -0.271. The van der Waals surface area contributed by atoms with Crippen LogP contribution in [0.3, 0.4) is 0 Å². The van der Waals surface area contributed by atoms with E-state index in [2.05, 4.69) is 20.8 Å². The maximum Gasteiger partial charge on any atom is 0.292 e. The molecule has 1 aromatic rings. The SMILES string of the molecule is CCNC(=O)c1noc(CC2CCNCC2)n1. The summed E-state index contributed by atoms with van der Waals surface area (Å²) in [5.41, 5.74) is 0. The van der Waals surface area contributed by atoms with Crippen molar-refractivity contribution in [2.24, 2.45) is 5.92 Å². The lowest BCUT2D eigenvalue weighted by Gasteiger charge is -2.20. The van der Waals surface area contributed by atoms with Crippen LogP contribution >= 0.6 is 0 Å². The van der Waals surface area contributed by atoms with Gasteiger partial charge in [-0.2, -0.15) is 4.98 Å². The predicted molar refractivity (Wildman–Crippen MR) is 61.6 cm³/mol. The van der Waals surface area contributed by atoms with Gasteiger partial charge >= 0.3 is 0 Å². The summed E-state index contributed by atoms with van der Waals surface area (Å²) < 4.78 is 5.09. The van der Waals surface area contributed by atoms with Gasteiger partial charge in [0, 0.05) is 13.0 Å². The zero-order chi connectivity index (χ0) is 12.1. The zero-order valence-electron chi connectivity index (χ0n) is 10.0. The van der Waals surface area contributed by atoms with E-state index in [1.807, 2.05) is 6.92 Å². The number of nitrogens with zero attached hydrogens (tertiary/aromatic N) is 2. The van der Waals surface area contributed by atoms with Gasteiger partial charge in [0.25, 0.3) is 11.7 Å². The zero-order valence-corrected chi connectivity index (χ0v) is 10.0. The van der Waals surface area contributed by atoms with Crippen LogP contribution in [0, 0.1) is 5.92 Å². The smallest absolute Gasteiger partial charge is 0.292 e. The van der Waals surface area contributed by atoms with Crippen LogP contribution in [0.25, 0.3) is 0 Å². The second kappa shape index (κ2) is 5.77. The first kappa shape index (κ1) is 12.0. The van der Waals surface area contributed by atoms with E-state index in [1.54, 1.807) is 0 Å². The second-order valence-electron chi connectivity index (χ2n) is 4.27. The standard InChI is InChI=1S/C11H18N4O2/c1-2-13-11(16)10-14-9(17-15-10)7-8-3-5-12-6-4-8/h8,12H,2-7H2,1H3,(H,13,16). The summed E-state index contributed by atoms with van der Waals surface area (Å²) in [5, 5.41) is 9.64. The molecule has 0 aliphatic carbocycles. The van der Waals surface area contributed by atoms with E-state index in [0.717, 1.165) is 32.4 Å². The number of carbonyl (C=O) groups is 1. The lowest BCUT2D eigenvalue weighted by atomic mass is 9.95. The van der Waals surface area contributed by atoms with Gasteiger partial charge in [0.05, 0.1) is 0 Å². The Hall–Kier alpha value is -1.43. The van der Waals surface area contributed by atoms with Crippen LogP contribution < -0.4 is 10.6 Å². The van der Waals surface area contributed by atoms with Crippen molar-refractivity contribution in [1.29, 1.82) is 0 Å². The van der Waals surface area contributed by atoms with Crippen molar-refractivity contribution in [3.63, 3.8) is 0 Å². The summed E-state index contributed by atoms with van der Waals surface area (Å²) in [4.78, 5) is 15.6. The number of aromatic nitrogens is 2. The number of nitrogens with one attached hydrogen (secondary N) is 2. The van der Waals surface area contributed by atoms with Crippen molar-refractivity contribution in [3.8, 4) is 0 Å². The number of hydrogen-bond donors (Lipinski definition) is 2. The molecular weight excluding hydrogens is 220 g/mol. The Kier molecular flexibility index (Phi) is 4.08. The Balaban J connectivity index is 1.91. The van der Waals surface area contributed by atoms with E-state index in [1.165, 1.54) is 0 Å². The first-order valence-electron chi connectivity index (χ1n) is 6.11. The molecule has 1 aliphatic heterocycles. The summed E-state index contributed by atoms with van der Waals surface area (Å²) in [6.45, 7) is 4.51. The van der Waals surface area contributed by atoms with Gasteiger partial charge in [-0.25, -0.2) is 0 Å². The number of amides is 1. The van der Waals surface area contributed by atoms with Crippen molar-refractivity contribution in [2.75, 3.05) is 19.6 Å². The fourth-order valence-corrected chi connectivity index (χ4v) is 2.00. The largest absolute Gasteiger partial charge is 0.349 e. The highest BCUT2D eigenvalue weighted by atomic mass is 16.5. The van der Waals surface area contributed by atoms with Gasteiger partial charge in [-0.3, -0.25) is 4.79 Å². The number of rotatable bonds is 4. The Morgan fingerprint density at radius 1 is 1.53 bits per heavy atom. The molecule has 0 bridgehead atoms. The third-order valence-electron chi connectivity index (χ3n) is 2.93. The van der Waals surface area contributed by atoms with E-state index in [0.29, 0.717) is 18.4 Å². The molecule has 0 saturated carbocycles. The molecule has 1 fully saturated rings. The molecule has 0 atom stereocenters. The van der Waals surface area contributed by atoms with Gasteiger partial charge in [0.15, 0.2) is 0 Å². The summed E-state index contributed by atoms with van der Waals surface area (Å²) >= 11 is 0. The molecule has 94 valence electrons. The highest BCUT2D eigenvalue weighted by Gasteiger charge is 2.19. The molecule has 1 aromatic heterocycles. The van der Waals surface area contributed by atoms with Crippen LogP contribution in [0.4, 0.5) is 0 Å². The molecule has 17 heavy (non-hydrogen) atoms. The van der Waals surface area contributed by atoms with Crippen molar-refractivity contribution in [1.82, 2.24) is 20.8 Å². The molecule has 0 spiro atoms. The van der Waals surface area contributed by atoms with Gasteiger partial charge in [-0.15, -0.1) is 0 Å². The lowest BCUT2D eigenvalue weighted by Crippen LogP contribution is -2.28. The van der Waals surface area contributed by atoms with Crippen molar-refractivity contribution in [2.45, 2.75) is 26.2 Å². The molecule has 6 nitrogen and oxygen atoms in total. The quantitative estimate of drug-likeness (QED) is 0.791. The highest BCUT2D eigenvalue weighted by molar-refractivity contribution is 5.90. The van der Waals surface area contributed by atoms with E-state index in [9.17, 15) is 4.79 Å². The van der Waals surface area contributed by atoms with Gasteiger partial charge in [0.1, 0.15) is 0 Å². The Labute approximate surface area is 100 Å². The number of piperidine rings is 1. The minimum absolute atomic E-state index is 0.135. The van der Waals surface area contributed by atoms with Gasteiger partial charge < -0.3 is 15.2 Å². The third kappa shape index (κ3) is 3.26. The Bertz CT molecular complexity index is 371. The number of carbonyl (C=O) groups excluding carboxylic acids is 1. The minimum Gasteiger partial charge on any atom is -0.349 e. The monoisotopic (exact) mass is 238 g/mol. The first-order valence-corrected chi connectivity index (χ1v) is 6.11. The summed E-state index contributed by atoms with van der Waals surface area (Å²) in [7, 11) is 0. The predicted octanol–water partition coefficient (Wildman–Crippen LogP) is 0.361. The van der Waals surface area contributed by atoms with Crippen molar-refractivity contribution in [3.05, 3.63) is 11.7 Å². The second-order valence-corrected chi connectivity index (χ2v) is 4.27. The average molecular weight is 238 g/mol. The van der Waals surface area contributed by atoms with Gasteiger partial charge in [-0.1, -0.05) is 5.16 Å². The van der Waals surface area contributed by atoms with Crippen LogP contribution in [-0.4, -0.2) is 35.7 Å². The molecule has 0 aromatic carbocycles. The average Bonchev–Trinajstić information content (AvgIpc) is 2.79.